The number of nitrogens with two attached hydrogens (primary N) is 1. The minimum Gasteiger partial charge on any atom is -0.444 e. The number of rotatable bonds is 6. The van der Waals surface area contributed by atoms with Crippen LogP contribution < -0.4 is 16.4 Å². The minimum atomic E-state index is -0.685. The number of hydrogen-bond donors (Lipinski definition) is 3. The van der Waals surface area contributed by atoms with Gasteiger partial charge in [0.15, 0.2) is 0 Å². The maximum absolute atomic E-state index is 11.5. The molecule has 0 radical (unpaired) electrons. The van der Waals surface area contributed by atoms with Gasteiger partial charge in [-0.2, -0.15) is 0 Å². The lowest BCUT2D eigenvalue weighted by atomic mass is 10.1. The maximum atomic E-state index is 11.5. The third-order valence-corrected chi connectivity index (χ3v) is 2.59. The van der Waals surface area contributed by atoms with Crippen molar-refractivity contribution in [1.82, 2.24) is 5.32 Å². The number of hydrogen-bond acceptors (Lipinski definition) is 6. The first-order chi connectivity index (χ1) is 10.6. The van der Waals surface area contributed by atoms with Gasteiger partial charge in [-0.15, -0.1) is 0 Å². The molecule has 1 aromatic rings. The monoisotopic (exact) mass is 324 g/mol. The van der Waals surface area contributed by atoms with E-state index in [2.05, 4.69) is 10.6 Å². The molecule has 0 bridgehead atoms. The Balaban J connectivity index is 2.63. The summed E-state index contributed by atoms with van der Waals surface area (Å²) in [7, 11) is 0. The molecule has 9 heteroatoms. The summed E-state index contributed by atoms with van der Waals surface area (Å²) in [6, 6.07) is 3.78. The van der Waals surface area contributed by atoms with Crippen LogP contribution in [-0.2, 0) is 4.74 Å². The van der Waals surface area contributed by atoms with Crippen molar-refractivity contribution in [2.45, 2.75) is 26.4 Å². The van der Waals surface area contributed by atoms with Gasteiger partial charge in [-0.25, -0.2) is 4.79 Å². The highest BCUT2D eigenvalue weighted by Crippen LogP contribution is 2.25. The average molecular weight is 324 g/mol. The second-order valence-electron chi connectivity index (χ2n) is 5.71. The summed E-state index contributed by atoms with van der Waals surface area (Å²) in [5.41, 5.74) is 4.66. The predicted octanol–water partition coefficient (Wildman–Crippen LogP) is 1.63. The van der Waals surface area contributed by atoms with Crippen molar-refractivity contribution in [1.29, 1.82) is 0 Å². The van der Waals surface area contributed by atoms with E-state index >= 15 is 0 Å². The topological polar surface area (TPSA) is 137 Å². The first-order valence-corrected chi connectivity index (χ1v) is 6.89. The van der Waals surface area contributed by atoms with Gasteiger partial charge in [0.25, 0.3) is 5.69 Å². The summed E-state index contributed by atoms with van der Waals surface area (Å²) in [6.07, 6.45) is -0.584. The van der Waals surface area contributed by atoms with Gasteiger partial charge < -0.3 is 21.1 Å². The molecule has 0 aliphatic heterocycles. The van der Waals surface area contributed by atoms with Crippen LogP contribution in [0.4, 0.5) is 16.2 Å². The summed E-state index contributed by atoms with van der Waals surface area (Å²) in [4.78, 5) is 33.0. The second kappa shape index (κ2) is 7.43. The van der Waals surface area contributed by atoms with Crippen LogP contribution in [0.3, 0.4) is 0 Å². The van der Waals surface area contributed by atoms with Crippen LogP contribution in [-0.4, -0.2) is 35.6 Å². The lowest BCUT2D eigenvalue weighted by molar-refractivity contribution is -0.384. The number of carbonyl (C=O) groups excluding carboxylic acids is 2. The van der Waals surface area contributed by atoms with E-state index in [0.717, 1.165) is 0 Å². The van der Waals surface area contributed by atoms with Crippen molar-refractivity contribution >= 4 is 23.4 Å². The molecule has 1 rings (SSSR count). The Morgan fingerprint density at radius 2 is 1.96 bits per heavy atom. The number of nitrogens with one attached hydrogen (secondary N) is 2. The fourth-order valence-corrected chi connectivity index (χ4v) is 1.67. The molecule has 0 aromatic heterocycles. The highest BCUT2D eigenvalue weighted by Gasteiger charge is 2.17. The van der Waals surface area contributed by atoms with Crippen molar-refractivity contribution in [2.24, 2.45) is 5.73 Å². The molecule has 1 aromatic carbocycles. The zero-order valence-electron chi connectivity index (χ0n) is 13.2. The van der Waals surface area contributed by atoms with E-state index in [0.29, 0.717) is 0 Å². The number of alkyl carbamates (subject to hydrolysis) is 1. The molecule has 9 nitrogen and oxygen atoms in total. The number of nitro benzene ring substituents is 1. The van der Waals surface area contributed by atoms with Gasteiger partial charge in [-0.3, -0.25) is 14.9 Å². The van der Waals surface area contributed by atoms with E-state index in [1.165, 1.54) is 18.2 Å². The number of nitrogens with zero attached hydrogens (tertiary/aromatic N) is 1. The van der Waals surface area contributed by atoms with Crippen molar-refractivity contribution in [3.63, 3.8) is 0 Å². The molecule has 0 saturated heterocycles. The molecule has 0 aliphatic rings. The number of benzene rings is 1. The van der Waals surface area contributed by atoms with Crippen molar-refractivity contribution in [2.75, 3.05) is 18.4 Å². The fraction of sp³-hybridized carbons (Fsp3) is 0.429. The number of primary amides is 1. The first-order valence-electron chi connectivity index (χ1n) is 6.89. The molecule has 0 unspecified atom stereocenters. The molecule has 0 saturated carbocycles. The van der Waals surface area contributed by atoms with Crippen LogP contribution >= 0.6 is 0 Å². The zero-order chi connectivity index (χ0) is 17.6. The van der Waals surface area contributed by atoms with Crippen LogP contribution in [0, 0.1) is 10.1 Å². The third-order valence-electron chi connectivity index (χ3n) is 2.59. The van der Waals surface area contributed by atoms with E-state index in [1.54, 1.807) is 20.8 Å². The predicted molar refractivity (Wildman–Crippen MR) is 84.3 cm³/mol. The maximum Gasteiger partial charge on any atom is 0.407 e. The Morgan fingerprint density at radius 1 is 1.30 bits per heavy atom. The lowest BCUT2D eigenvalue weighted by Crippen LogP contribution is -2.35. The summed E-state index contributed by atoms with van der Waals surface area (Å²) < 4.78 is 5.06. The second-order valence-corrected chi connectivity index (χ2v) is 5.71. The lowest BCUT2D eigenvalue weighted by Gasteiger charge is -2.19. The van der Waals surface area contributed by atoms with Crippen molar-refractivity contribution in [3.8, 4) is 0 Å². The average Bonchev–Trinajstić information content (AvgIpc) is 2.41. The van der Waals surface area contributed by atoms with Gasteiger partial charge in [0.05, 0.1) is 4.92 Å². The third kappa shape index (κ3) is 6.20. The molecular formula is C14H20N4O5. The molecule has 0 spiro atoms. The summed E-state index contributed by atoms with van der Waals surface area (Å²) in [5, 5.41) is 16.3. The quantitative estimate of drug-likeness (QED) is 0.413. The van der Waals surface area contributed by atoms with Gasteiger partial charge in [-0.1, -0.05) is 0 Å². The highest BCUT2D eigenvalue weighted by atomic mass is 16.6. The van der Waals surface area contributed by atoms with Crippen LogP contribution in [0.25, 0.3) is 0 Å². The van der Waals surface area contributed by atoms with Gasteiger partial charge in [-0.05, 0) is 32.9 Å². The standard InChI is InChI=1S/C14H20N4O5/c1-14(2,3)23-13(20)17-7-6-16-10-8-9(12(15)19)4-5-11(10)18(21)22/h4-5,8,16H,6-7H2,1-3H3,(H2,15,19)(H,17,20). The number of ether oxygens (including phenoxy) is 1. The largest absolute Gasteiger partial charge is 0.444 e. The molecule has 0 fully saturated rings. The fourth-order valence-electron chi connectivity index (χ4n) is 1.67. The Hall–Kier alpha value is -2.84. The molecule has 0 aliphatic carbocycles. The smallest absolute Gasteiger partial charge is 0.407 e. The molecule has 23 heavy (non-hydrogen) atoms. The van der Waals surface area contributed by atoms with Crippen LogP contribution in [0.5, 0.6) is 0 Å². The van der Waals surface area contributed by atoms with Crippen LogP contribution in [0.15, 0.2) is 18.2 Å². The normalized spacial score (nSPS) is 10.7. The van der Waals surface area contributed by atoms with Gasteiger partial charge in [0.2, 0.25) is 5.91 Å². The number of anilines is 1. The molecule has 4 N–H and O–H groups in total. The minimum absolute atomic E-state index is 0.150. The van der Waals surface area contributed by atoms with Gasteiger partial charge in [0, 0.05) is 24.7 Å². The molecule has 0 heterocycles. The Bertz CT molecular complexity index is 610. The Morgan fingerprint density at radius 3 is 2.48 bits per heavy atom. The molecule has 0 atom stereocenters. The molecular weight excluding hydrogens is 304 g/mol. The van der Waals surface area contributed by atoms with E-state index in [9.17, 15) is 19.7 Å². The van der Waals surface area contributed by atoms with Gasteiger partial charge in [0.1, 0.15) is 11.3 Å². The summed E-state index contributed by atoms with van der Waals surface area (Å²) in [6.45, 7) is 5.62. The van der Waals surface area contributed by atoms with Gasteiger partial charge >= 0.3 is 6.09 Å². The zero-order valence-corrected chi connectivity index (χ0v) is 13.2. The number of amides is 2. The molecule has 126 valence electrons. The van der Waals surface area contributed by atoms with E-state index < -0.39 is 22.5 Å². The first kappa shape index (κ1) is 18.2. The Kier molecular flexibility index (Phi) is 5.88. The van der Waals surface area contributed by atoms with E-state index in [1.807, 2.05) is 0 Å². The van der Waals surface area contributed by atoms with Crippen molar-refractivity contribution < 1.29 is 19.2 Å². The van der Waals surface area contributed by atoms with Crippen LogP contribution in [0.2, 0.25) is 0 Å². The van der Waals surface area contributed by atoms with E-state index in [-0.39, 0.29) is 30.0 Å². The number of carbonyl (C=O) groups is 2. The molecule has 2 amide bonds. The van der Waals surface area contributed by atoms with Crippen molar-refractivity contribution in [3.05, 3.63) is 33.9 Å². The van der Waals surface area contributed by atoms with E-state index in [4.69, 9.17) is 10.5 Å². The number of nitro groups is 1. The summed E-state index contributed by atoms with van der Waals surface area (Å²) in [5.74, 6) is -0.685. The SMILES string of the molecule is CC(C)(C)OC(=O)NCCNc1cc(C(N)=O)ccc1[N+](=O)[O-]. The van der Waals surface area contributed by atoms with Crippen LogP contribution in [0.1, 0.15) is 31.1 Å². The highest BCUT2D eigenvalue weighted by molar-refractivity contribution is 5.94. The Labute approximate surface area is 133 Å². The summed E-state index contributed by atoms with van der Waals surface area (Å²) >= 11 is 0.